The van der Waals surface area contributed by atoms with Crippen LogP contribution in [0, 0.1) is 0 Å². The van der Waals surface area contributed by atoms with Crippen molar-refractivity contribution in [1.29, 1.82) is 0 Å². The summed E-state index contributed by atoms with van der Waals surface area (Å²) in [5.74, 6) is 0.0262. The molecule has 1 N–H and O–H groups in total. The van der Waals surface area contributed by atoms with Crippen LogP contribution in [0.2, 0.25) is 0 Å². The molecular formula is C22H24BrNO5. The predicted molar refractivity (Wildman–Crippen MR) is 114 cm³/mol. The molecular weight excluding hydrogens is 438 g/mol. The number of fused-ring (bicyclic) bond motifs is 1. The normalized spacial score (nSPS) is 18.0. The van der Waals surface area contributed by atoms with Crippen LogP contribution in [0.25, 0.3) is 0 Å². The van der Waals surface area contributed by atoms with Crippen molar-refractivity contribution in [2.45, 2.75) is 31.8 Å². The van der Waals surface area contributed by atoms with Crippen molar-refractivity contribution in [3.8, 4) is 11.5 Å². The third-order valence-electron chi connectivity index (χ3n) is 5.15. The minimum Gasteiger partial charge on any atom is -0.497 e. The maximum Gasteiger partial charge on any atom is 0.264 e. The first-order valence-electron chi connectivity index (χ1n) is 9.45. The number of aliphatic hydroxyl groups is 1. The Labute approximate surface area is 178 Å². The lowest BCUT2D eigenvalue weighted by Crippen LogP contribution is -2.42. The zero-order valence-corrected chi connectivity index (χ0v) is 18.3. The highest BCUT2D eigenvalue weighted by molar-refractivity contribution is 9.10. The van der Waals surface area contributed by atoms with Crippen molar-refractivity contribution < 1.29 is 24.2 Å². The molecule has 2 aromatic carbocycles. The standard InChI is InChI=1S/C22H24BrNO5/c1-4-5-10-24-18-9-6-14(23)11-17(18)22(27,21(24)26)13-19(25)16-8-7-15(28-2)12-20(16)29-3/h6-9,11-12,27H,4-5,10,13H2,1-3H3. The first-order chi connectivity index (χ1) is 13.8. The number of benzene rings is 2. The van der Waals surface area contributed by atoms with Crippen molar-refractivity contribution in [2.24, 2.45) is 0 Å². The molecule has 0 radical (unpaired) electrons. The van der Waals surface area contributed by atoms with E-state index in [9.17, 15) is 14.7 Å². The Morgan fingerprint density at radius 1 is 1.17 bits per heavy atom. The number of ketones is 1. The fraction of sp³-hybridized carbons (Fsp3) is 0.364. The number of ether oxygens (including phenoxy) is 2. The summed E-state index contributed by atoms with van der Waals surface area (Å²) >= 11 is 3.40. The summed E-state index contributed by atoms with van der Waals surface area (Å²) in [7, 11) is 2.98. The van der Waals surface area contributed by atoms with Crippen LogP contribution in [0.5, 0.6) is 11.5 Å². The zero-order chi connectivity index (χ0) is 21.2. The number of anilines is 1. The quantitative estimate of drug-likeness (QED) is 0.599. The maximum atomic E-state index is 13.2. The Kier molecular flexibility index (Phi) is 6.29. The van der Waals surface area contributed by atoms with Crippen molar-refractivity contribution in [3.63, 3.8) is 0 Å². The zero-order valence-electron chi connectivity index (χ0n) is 16.7. The molecule has 1 aliphatic rings. The third kappa shape index (κ3) is 3.89. The van der Waals surface area contributed by atoms with Gasteiger partial charge in [-0.15, -0.1) is 0 Å². The summed E-state index contributed by atoms with van der Waals surface area (Å²) < 4.78 is 11.2. The van der Waals surface area contributed by atoms with Gasteiger partial charge in [0.1, 0.15) is 11.5 Å². The van der Waals surface area contributed by atoms with Crippen molar-refractivity contribution in [3.05, 3.63) is 52.0 Å². The lowest BCUT2D eigenvalue weighted by Gasteiger charge is -2.23. The molecule has 0 bridgehead atoms. The molecule has 1 heterocycles. The second-order valence-electron chi connectivity index (χ2n) is 7.00. The average Bonchev–Trinajstić information content (AvgIpc) is 2.92. The molecule has 1 aliphatic heterocycles. The fourth-order valence-corrected chi connectivity index (χ4v) is 3.95. The molecule has 1 amide bonds. The first kappa shape index (κ1) is 21.3. The summed E-state index contributed by atoms with van der Waals surface area (Å²) in [5.41, 5.74) is -0.551. The van der Waals surface area contributed by atoms with Crippen molar-refractivity contribution >= 4 is 33.3 Å². The summed E-state index contributed by atoms with van der Waals surface area (Å²) in [6.45, 7) is 2.53. The van der Waals surface area contributed by atoms with E-state index in [1.54, 1.807) is 35.2 Å². The number of methoxy groups -OCH3 is 2. The van der Waals surface area contributed by atoms with Crippen LogP contribution < -0.4 is 14.4 Å². The van der Waals surface area contributed by atoms with Gasteiger partial charge in [-0.25, -0.2) is 0 Å². The Morgan fingerprint density at radius 3 is 2.59 bits per heavy atom. The molecule has 0 aromatic heterocycles. The van der Waals surface area contributed by atoms with Gasteiger partial charge in [-0.1, -0.05) is 29.3 Å². The number of hydrogen-bond acceptors (Lipinski definition) is 5. The number of hydrogen-bond donors (Lipinski definition) is 1. The van der Waals surface area contributed by atoms with E-state index in [4.69, 9.17) is 9.47 Å². The van der Waals surface area contributed by atoms with E-state index in [0.29, 0.717) is 29.3 Å². The molecule has 0 aliphatic carbocycles. The summed E-state index contributed by atoms with van der Waals surface area (Å²) in [6, 6.07) is 10.2. The SMILES string of the molecule is CCCCN1C(=O)C(O)(CC(=O)c2ccc(OC)cc2OC)c2cc(Br)ccc21. The van der Waals surface area contributed by atoms with Gasteiger partial charge in [0.25, 0.3) is 5.91 Å². The van der Waals surface area contributed by atoms with Crippen molar-refractivity contribution in [2.75, 3.05) is 25.7 Å². The van der Waals surface area contributed by atoms with E-state index in [-0.39, 0.29) is 17.8 Å². The number of amides is 1. The van der Waals surface area contributed by atoms with Crippen LogP contribution in [-0.2, 0) is 10.4 Å². The van der Waals surface area contributed by atoms with E-state index in [1.165, 1.54) is 14.2 Å². The fourth-order valence-electron chi connectivity index (χ4n) is 3.59. The van der Waals surface area contributed by atoms with Gasteiger partial charge in [0.05, 0.1) is 31.9 Å². The van der Waals surface area contributed by atoms with E-state index in [2.05, 4.69) is 15.9 Å². The Bertz CT molecular complexity index is 945. The number of carbonyl (C=O) groups is 2. The van der Waals surface area contributed by atoms with E-state index >= 15 is 0 Å². The summed E-state index contributed by atoms with van der Waals surface area (Å²) in [4.78, 5) is 27.8. The van der Waals surface area contributed by atoms with Crippen LogP contribution in [0.1, 0.15) is 42.1 Å². The molecule has 0 spiro atoms. The van der Waals surface area contributed by atoms with Gasteiger partial charge in [-0.2, -0.15) is 0 Å². The predicted octanol–water partition coefficient (Wildman–Crippen LogP) is 4.07. The van der Waals surface area contributed by atoms with E-state index in [0.717, 1.165) is 17.3 Å². The first-order valence-corrected chi connectivity index (χ1v) is 10.2. The van der Waals surface area contributed by atoms with Crippen LogP contribution in [0.15, 0.2) is 40.9 Å². The van der Waals surface area contributed by atoms with Gasteiger partial charge < -0.3 is 19.5 Å². The van der Waals surface area contributed by atoms with Gasteiger partial charge in [0.15, 0.2) is 11.4 Å². The number of nitrogens with zero attached hydrogens (tertiary/aromatic N) is 1. The van der Waals surface area contributed by atoms with Crippen LogP contribution in [-0.4, -0.2) is 37.6 Å². The number of Topliss-reactive ketones (excluding diaryl/α,β-unsaturated/α-hetero) is 1. The molecule has 0 saturated heterocycles. The molecule has 2 aromatic rings. The molecule has 29 heavy (non-hydrogen) atoms. The monoisotopic (exact) mass is 461 g/mol. The molecule has 0 fully saturated rings. The highest BCUT2D eigenvalue weighted by Crippen LogP contribution is 2.44. The largest absolute Gasteiger partial charge is 0.497 e. The minimum absolute atomic E-state index is 0.290. The van der Waals surface area contributed by atoms with Gasteiger partial charge in [0, 0.05) is 22.6 Å². The Balaban J connectivity index is 1.99. The molecule has 7 heteroatoms. The maximum absolute atomic E-state index is 13.2. The second-order valence-corrected chi connectivity index (χ2v) is 7.91. The molecule has 0 saturated carbocycles. The lowest BCUT2D eigenvalue weighted by molar-refractivity contribution is -0.135. The molecule has 3 rings (SSSR count). The third-order valence-corrected chi connectivity index (χ3v) is 5.65. The Morgan fingerprint density at radius 2 is 1.93 bits per heavy atom. The van der Waals surface area contributed by atoms with Crippen LogP contribution in [0.4, 0.5) is 5.69 Å². The minimum atomic E-state index is -1.92. The van der Waals surface area contributed by atoms with Gasteiger partial charge in [-0.3, -0.25) is 9.59 Å². The molecule has 1 unspecified atom stereocenters. The average molecular weight is 462 g/mol. The molecule has 6 nitrogen and oxygen atoms in total. The number of rotatable bonds is 8. The van der Waals surface area contributed by atoms with E-state index < -0.39 is 11.5 Å². The molecule has 154 valence electrons. The van der Waals surface area contributed by atoms with Crippen LogP contribution >= 0.6 is 15.9 Å². The van der Waals surface area contributed by atoms with Gasteiger partial charge in [0.2, 0.25) is 0 Å². The smallest absolute Gasteiger partial charge is 0.264 e. The van der Waals surface area contributed by atoms with Crippen molar-refractivity contribution in [1.82, 2.24) is 0 Å². The van der Waals surface area contributed by atoms with E-state index in [1.807, 2.05) is 13.0 Å². The number of carbonyl (C=O) groups excluding carboxylic acids is 2. The number of unbranched alkanes of at least 4 members (excludes halogenated alkanes) is 1. The number of halogens is 1. The summed E-state index contributed by atoms with van der Waals surface area (Å²) in [5, 5.41) is 11.4. The Hall–Kier alpha value is -2.38. The van der Waals surface area contributed by atoms with Gasteiger partial charge in [-0.05, 0) is 36.8 Å². The molecule has 1 atom stereocenters. The lowest BCUT2D eigenvalue weighted by atomic mass is 9.88. The second kappa shape index (κ2) is 8.55. The highest BCUT2D eigenvalue weighted by atomic mass is 79.9. The topological polar surface area (TPSA) is 76.1 Å². The van der Waals surface area contributed by atoms with Crippen LogP contribution in [0.3, 0.4) is 0 Å². The van der Waals surface area contributed by atoms with Gasteiger partial charge >= 0.3 is 0 Å². The highest BCUT2D eigenvalue weighted by Gasteiger charge is 2.51. The summed E-state index contributed by atoms with van der Waals surface area (Å²) in [6.07, 6.45) is 1.34.